The predicted octanol–water partition coefficient (Wildman–Crippen LogP) is 0.981. The number of aromatic nitrogens is 1. The molecule has 6 nitrogen and oxygen atoms in total. The molecule has 0 fully saturated rings. The number of carbonyl (C=O) groups is 1. The summed E-state index contributed by atoms with van der Waals surface area (Å²) >= 11 is 0. The molecule has 2 rings (SSSR count). The summed E-state index contributed by atoms with van der Waals surface area (Å²) in [5.41, 5.74) is 0.192. The average molecular weight is 277 g/mol. The van der Waals surface area contributed by atoms with Crippen LogP contribution in [0.1, 0.15) is 10.4 Å². The Morgan fingerprint density at radius 1 is 1.16 bits per heavy atom. The van der Waals surface area contributed by atoms with E-state index in [2.05, 4.69) is 10.3 Å². The van der Waals surface area contributed by atoms with E-state index in [0.29, 0.717) is 5.82 Å². The second-order valence-electron chi connectivity index (χ2n) is 3.74. The predicted molar refractivity (Wildman–Crippen MR) is 70.0 cm³/mol. The largest absolute Gasteiger partial charge is 0.307 e. The molecule has 0 aliphatic carbocycles. The van der Waals surface area contributed by atoms with Gasteiger partial charge < -0.3 is 5.32 Å². The lowest BCUT2D eigenvalue weighted by atomic mass is 10.2. The maximum atomic E-state index is 11.9. The lowest BCUT2D eigenvalue weighted by molar-refractivity contribution is 0.102. The van der Waals surface area contributed by atoms with Gasteiger partial charge in [-0.3, -0.25) is 4.79 Å². The number of sulfonamides is 1. The van der Waals surface area contributed by atoms with Crippen molar-refractivity contribution in [3.63, 3.8) is 0 Å². The summed E-state index contributed by atoms with van der Waals surface area (Å²) in [6, 6.07) is 10.6. The van der Waals surface area contributed by atoms with Gasteiger partial charge in [-0.15, -0.1) is 0 Å². The Labute approximate surface area is 110 Å². The third kappa shape index (κ3) is 3.36. The fourth-order valence-corrected chi connectivity index (χ4v) is 2.00. The normalized spacial score (nSPS) is 11.0. The van der Waals surface area contributed by atoms with Gasteiger partial charge in [0.25, 0.3) is 5.91 Å². The molecule has 0 atom stereocenters. The number of amides is 1. The lowest BCUT2D eigenvalue weighted by Gasteiger charge is -2.05. The minimum atomic E-state index is -3.83. The van der Waals surface area contributed by atoms with Crippen LogP contribution in [-0.2, 0) is 10.0 Å². The van der Waals surface area contributed by atoms with E-state index < -0.39 is 15.9 Å². The Morgan fingerprint density at radius 3 is 2.58 bits per heavy atom. The molecule has 0 spiro atoms. The second kappa shape index (κ2) is 5.17. The number of anilines is 1. The van der Waals surface area contributed by atoms with Gasteiger partial charge >= 0.3 is 0 Å². The Balaban J connectivity index is 2.25. The third-order valence-corrected chi connectivity index (χ3v) is 3.24. The van der Waals surface area contributed by atoms with Gasteiger partial charge in [-0.05, 0) is 30.3 Å². The Bertz CT molecular complexity index is 699. The molecule has 0 saturated heterocycles. The van der Waals surface area contributed by atoms with Crippen molar-refractivity contribution in [1.82, 2.24) is 4.98 Å². The highest BCUT2D eigenvalue weighted by molar-refractivity contribution is 7.89. The summed E-state index contributed by atoms with van der Waals surface area (Å²) in [6.07, 6.45) is 1.54. The van der Waals surface area contributed by atoms with Crippen molar-refractivity contribution in [1.29, 1.82) is 0 Å². The molecule has 0 aliphatic heterocycles. The van der Waals surface area contributed by atoms with Gasteiger partial charge in [0.1, 0.15) is 5.82 Å². The molecule has 0 aliphatic rings. The zero-order valence-corrected chi connectivity index (χ0v) is 10.6. The number of benzene rings is 1. The van der Waals surface area contributed by atoms with E-state index in [-0.39, 0.29) is 10.5 Å². The lowest BCUT2D eigenvalue weighted by Crippen LogP contribution is -2.16. The van der Waals surface area contributed by atoms with Crippen molar-refractivity contribution in [3.05, 3.63) is 54.2 Å². The van der Waals surface area contributed by atoms with E-state index in [1.54, 1.807) is 18.2 Å². The van der Waals surface area contributed by atoms with Crippen LogP contribution in [0, 0.1) is 0 Å². The highest BCUT2D eigenvalue weighted by Gasteiger charge is 2.12. The van der Waals surface area contributed by atoms with E-state index in [0.717, 1.165) is 0 Å². The molecule has 1 aromatic heterocycles. The molecule has 2 aromatic rings. The van der Waals surface area contributed by atoms with Crippen LogP contribution in [0.25, 0.3) is 0 Å². The standard InChI is InChI=1S/C12H11N3O3S/c13-19(17,18)10-5-3-4-9(8-10)12(16)15-11-6-1-2-7-14-11/h1-8H,(H2,13,17,18)(H,14,15,16). The summed E-state index contributed by atoms with van der Waals surface area (Å²) in [5.74, 6) is -0.0716. The van der Waals surface area contributed by atoms with Crippen LogP contribution in [0.5, 0.6) is 0 Å². The van der Waals surface area contributed by atoms with Gasteiger partial charge in [0, 0.05) is 11.8 Å². The quantitative estimate of drug-likeness (QED) is 0.873. The molecule has 0 radical (unpaired) electrons. The van der Waals surface area contributed by atoms with Crippen LogP contribution >= 0.6 is 0 Å². The number of nitrogens with zero attached hydrogens (tertiary/aromatic N) is 1. The number of primary sulfonamides is 1. The van der Waals surface area contributed by atoms with E-state index in [1.165, 1.54) is 30.5 Å². The maximum Gasteiger partial charge on any atom is 0.256 e. The number of nitrogens with one attached hydrogen (secondary N) is 1. The van der Waals surface area contributed by atoms with Crippen molar-refractivity contribution in [3.8, 4) is 0 Å². The number of rotatable bonds is 3. The highest BCUT2D eigenvalue weighted by atomic mass is 32.2. The summed E-state index contributed by atoms with van der Waals surface area (Å²) in [6.45, 7) is 0. The molecule has 1 aromatic carbocycles. The van der Waals surface area contributed by atoms with Crippen LogP contribution in [0.15, 0.2) is 53.6 Å². The van der Waals surface area contributed by atoms with Crippen molar-refractivity contribution in [2.45, 2.75) is 4.90 Å². The Kier molecular flexibility index (Phi) is 3.59. The van der Waals surface area contributed by atoms with Crippen molar-refractivity contribution >= 4 is 21.7 Å². The molecule has 1 amide bonds. The van der Waals surface area contributed by atoms with Crippen molar-refractivity contribution in [2.24, 2.45) is 5.14 Å². The van der Waals surface area contributed by atoms with Gasteiger partial charge in [0.15, 0.2) is 0 Å². The van der Waals surface area contributed by atoms with Crippen molar-refractivity contribution < 1.29 is 13.2 Å². The summed E-state index contributed by atoms with van der Waals surface area (Å²) in [7, 11) is -3.83. The first-order chi connectivity index (χ1) is 8.97. The molecule has 3 N–H and O–H groups in total. The monoisotopic (exact) mass is 277 g/mol. The number of pyridine rings is 1. The van der Waals surface area contributed by atoms with E-state index in [1.807, 2.05) is 0 Å². The third-order valence-electron chi connectivity index (χ3n) is 2.33. The number of hydrogen-bond acceptors (Lipinski definition) is 4. The van der Waals surface area contributed by atoms with Crippen LogP contribution in [0.3, 0.4) is 0 Å². The minimum absolute atomic E-state index is 0.110. The summed E-state index contributed by atoms with van der Waals surface area (Å²) < 4.78 is 22.4. The smallest absolute Gasteiger partial charge is 0.256 e. The summed E-state index contributed by atoms with van der Waals surface area (Å²) in [4.78, 5) is 15.7. The first kappa shape index (κ1) is 13.2. The number of hydrogen-bond donors (Lipinski definition) is 2. The van der Waals surface area contributed by atoms with E-state index in [4.69, 9.17) is 5.14 Å². The van der Waals surface area contributed by atoms with Crippen LogP contribution in [0.4, 0.5) is 5.82 Å². The van der Waals surface area contributed by atoms with Gasteiger partial charge in [0.05, 0.1) is 4.90 Å². The first-order valence-electron chi connectivity index (χ1n) is 5.32. The van der Waals surface area contributed by atoms with Gasteiger partial charge in [-0.25, -0.2) is 18.5 Å². The molecular weight excluding hydrogens is 266 g/mol. The first-order valence-corrected chi connectivity index (χ1v) is 6.87. The van der Waals surface area contributed by atoms with Gasteiger partial charge in [-0.2, -0.15) is 0 Å². The molecule has 98 valence electrons. The molecular formula is C12H11N3O3S. The fourth-order valence-electron chi connectivity index (χ4n) is 1.44. The zero-order valence-electron chi connectivity index (χ0n) is 9.78. The highest BCUT2D eigenvalue weighted by Crippen LogP contribution is 2.11. The summed E-state index contributed by atoms with van der Waals surface area (Å²) in [5, 5.41) is 7.56. The SMILES string of the molecule is NS(=O)(=O)c1cccc(C(=O)Nc2ccccn2)c1. The van der Waals surface area contributed by atoms with Crippen LogP contribution in [-0.4, -0.2) is 19.3 Å². The number of carbonyl (C=O) groups excluding carboxylic acids is 1. The average Bonchev–Trinajstić information content (AvgIpc) is 2.39. The molecule has 0 bridgehead atoms. The Hall–Kier alpha value is -2.25. The topological polar surface area (TPSA) is 102 Å². The molecule has 0 saturated carbocycles. The van der Waals surface area contributed by atoms with Crippen molar-refractivity contribution in [2.75, 3.05) is 5.32 Å². The number of nitrogens with two attached hydrogens (primary N) is 1. The molecule has 7 heteroatoms. The Morgan fingerprint density at radius 2 is 1.95 bits per heavy atom. The van der Waals surface area contributed by atoms with E-state index >= 15 is 0 Å². The molecule has 0 unspecified atom stereocenters. The van der Waals surface area contributed by atoms with Crippen LogP contribution < -0.4 is 10.5 Å². The molecule has 1 heterocycles. The van der Waals surface area contributed by atoms with Gasteiger partial charge in [-0.1, -0.05) is 12.1 Å². The van der Waals surface area contributed by atoms with Gasteiger partial charge in [0.2, 0.25) is 10.0 Å². The second-order valence-corrected chi connectivity index (χ2v) is 5.30. The van der Waals surface area contributed by atoms with Crippen LogP contribution in [0.2, 0.25) is 0 Å². The zero-order chi connectivity index (χ0) is 13.9. The molecule has 19 heavy (non-hydrogen) atoms. The maximum absolute atomic E-state index is 11.9. The minimum Gasteiger partial charge on any atom is -0.307 e. The fraction of sp³-hybridized carbons (Fsp3) is 0. The van der Waals surface area contributed by atoms with E-state index in [9.17, 15) is 13.2 Å².